The van der Waals surface area contributed by atoms with Crippen molar-refractivity contribution in [2.45, 2.75) is 26.3 Å². The van der Waals surface area contributed by atoms with Crippen molar-refractivity contribution < 1.29 is 13.8 Å². The highest BCUT2D eigenvalue weighted by Crippen LogP contribution is 2.21. The van der Waals surface area contributed by atoms with Crippen molar-refractivity contribution in [3.8, 4) is 5.75 Å². The summed E-state index contributed by atoms with van der Waals surface area (Å²) in [7, 11) is 0. The topological polar surface area (TPSA) is 51.4 Å². The molecule has 0 spiro atoms. The van der Waals surface area contributed by atoms with Crippen LogP contribution in [0.4, 0.5) is 4.39 Å². The van der Waals surface area contributed by atoms with Gasteiger partial charge in [-0.1, -0.05) is 16.4 Å². The highest BCUT2D eigenvalue weighted by Gasteiger charge is 2.22. The Morgan fingerprint density at radius 1 is 1.41 bits per heavy atom. The number of nitrogens with zero attached hydrogens (tertiary/aromatic N) is 3. The number of aryl methyl sites for hydroxylation is 1. The minimum Gasteiger partial charge on any atom is -0.493 e. The van der Waals surface area contributed by atoms with E-state index in [1.807, 2.05) is 6.92 Å². The minimum atomic E-state index is -0.267. The molecule has 1 aliphatic rings. The van der Waals surface area contributed by atoms with E-state index in [2.05, 4.69) is 15.2 Å². The molecule has 5 nitrogen and oxygen atoms in total. The van der Waals surface area contributed by atoms with Crippen LogP contribution in [-0.2, 0) is 6.54 Å². The molecular weight excluding hydrogens is 285 g/mol. The Bertz CT molecular complexity index is 617. The normalized spacial score (nSPS) is 19.3. The van der Waals surface area contributed by atoms with E-state index in [1.54, 1.807) is 12.1 Å². The standard InChI is InChI=1S/C16H20FN3O2/c1-12-16(19-22-18-12)10-20-7-3-4-13(9-20)11-21-15-6-2-5-14(17)8-15/h2,5-6,8,13H,3-4,7,9-11H2,1H3/t13-/m0/s1. The molecule has 1 aromatic heterocycles. The van der Waals surface area contributed by atoms with Crippen LogP contribution in [0.3, 0.4) is 0 Å². The van der Waals surface area contributed by atoms with Gasteiger partial charge >= 0.3 is 0 Å². The van der Waals surface area contributed by atoms with Gasteiger partial charge in [0, 0.05) is 25.1 Å². The lowest BCUT2D eigenvalue weighted by molar-refractivity contribution is 0.122. The van der Waals surface area contributed by atoms with Gasteiger partial charge in [0.2, 0.25) is 0 Å². The molecule has 0 N–H and O–H groups in total. The molecular formula is C16H20FN3O2. The monoisotopic (exact) mass is 305 g/mol. The van der Waals surface area contributed by atoms with Crippen molar-refractivity contribution in [1.82, 2.24) is 15.2 Å². The van der Waals surface area contributed by atoms with E-state index in [1.165, 1.54) is 12.1 Å². The number of hydrogen-bond acceptors (Lipinski definition) is 5. The first-order valence-corrected chi connectivity index (χ1v) is 7.59. The maximum absolute atomic E-state index is 13.1. The summed E-state index contributed by atoms with van der Waals surface area (Å²) in [5.41, 5.74) is 1.74. The van der Waals surface area contributed by atoms with E-state index in [-0.39, 0.29) is 5.82 Å². The molecule has 0 amide bonds. The molecule has 3 rings (SSSR count). The second-order valence-corrected chi connectivity index (χ2v) is 5.81. The van der Waals surface area contributed by atoms with Gasteiger partial charge in [-0.3, -0.25) is 4.90 Å². The molecule has 2 heterocycles. The molecule has 1 aromatic carbocycles. The van der Waals surface area contributed by atoms with Crippen LogP contribution in [0.15, 0.2) is 28.9 Å². The summed E-state index contributed by atoms with van der Waals surface area (Å²) in [6, 6.07) is 6.29. The Morgan fingerprint density at radius 2 is 2.32 bits per heavy atom. The third-order valence-electron chi connectivity index (χ3n) is 4.00. The van der Waals surface area contributed by atoms with Crippen molar-refractivity contribution in [2.75, 3.05) is 19.7 Å². The number of ether oxygens (including phenoxy) is 1. The van der Waals surface area contributed by atoms with Crippen molar-refractivity contribution in [3.05, 3.63) is 41.5 Å². The lowest BCUT2D eigenvalue weighted by Gasteiger charge is -2.32. The average molecular weight is 305 g/mol. The van der Waals surface area contributed by atoms with Crippen LogP contribution in [0.2, 0.25) is 0 Å². The molecule has 1 fully saturated rings. The molecule has 1 aliphatic heterocycles. The van der Waals surface area contributed by atoms with Crippen LogP contribution in [0.25, 0.3) is 0 Å². The molecule has 2 aromatic rings. The number of benzene rings is 1. The van der Waals surface area contributed by atoms with Gasteiger partial charge in [0.25, 0.3) is 0 Å². The number of aromatic nitrogens is 2. The van der Waals surface area contributed by atoms with Gasteiger partial charge < -0.3 is 4.74 Å². The van der Waals surface area contributed by atoms with Gasteiger partial charge in [0.15, 0.2) is 0 Å². The Balaban J connectivity index is 1.51. The quantitative estimate of drug-likeness (QED) is 0.850. The predicted octanol–water partition coefficient (Wildman–Crippen LogP) is 2.81. The van der Waals surface area contributed by atoms with Crippen LogP contribution >= 0.6 is 0 Å². The maximum atomic E-state index is 13.1. The third kappa shape index (κ3) is 3.82. The van der Waals surface area contributed by atoms with Gasteiger partial charge in [-0.15, -0.1) is 0 Å². The van der Waals surface area contributed by atoms with Crippen LogP contribution in [0, 0.1) is 18.7 Å². The number of hydrogen-bond donors (Lipinski definition) is 0. The third-order valence-corrected chi connectivity index (χ3v) is 4.00. The van der Waals surface area contributed by atoms with Gasteiger partial charge in [-0.2, -0.15) is 0 Å². The van der Waals surface area contributed by atoms with Crippen molar-refractivity contribution >= 4 is 0 Å². The summed E-state index contributed by atoms with van der Waals surface area (Å²) in [5, 5.41) is 7.75. The molecule has 0 saturated carbocycles. The molecule has 0 bridgehead atoms. The van der Waals surface area contributed by atoms with Crippen LogP contribution < -0.4 is 4.74 Å². The number of piperidine rings is 1. The van der Waals surface area contributed by atoms with E-state index >= 15 is 0 Å². The molecule has 1 atom stereocenters. The SMILES string of the molecule is Cc1nonc1CN1CCC[C@H](COc2cccc(F)c2)C1. The molecule has 118 valence electrons. The maximum Gasteiger partial charge on any atom is 0.126 e. The van der Waals surface area contributed by atoms with Crippen LogP contribution in [0.1, 0.15) is 24.2 Å². The zero-order chi connectivity index (χ0) is 15.4. The summed E-state index contributed by atoms with van der Waals surface area (Å²) in [6.07, 6.45) is 2.25. The zero-order valence-corrected chi connectivity index (χ0v) is 12.7. The molecule has 22 heavy (non-hydrogen) atoms. The zero-order valence-electron chi connectivity index (χ0n) is 12.7. The first-order valence-electron chi connectivity index (χ1n) is 7.59. The second-order valence-electron chi connectivity index (χ2n) is 5.81. The Morgan fingerprint density at radius 3 is 3.09 bits per heavy atom. The fourth-order valence-corrected chi connectivity index (χ4v) is 2.81. The number of rotatable bonds is 5. The minimum absolute atomic E-state index is 0.267. The summed E-state index contributed by atoms with van der Waals surface area (Å²) in [6.45, 7) is 5.26. The number of likely N-dealkylation sites (tertiary alicyclic amines) is 1. The molecule has 1 saturated heterocycles. The highest BCUT2D eigenvalue weighted by atomic mass is 19.1. The van der Waals surface area contributed by atoms with Gasteiger partial charge in [0.05, 0.1) is 6.61 Å². The Hall–Kier alpha value is -1.95. The Labute approximate surface area is 129 Å². The smallest absolute Gasteiger partial charge is 0.126 e. The highest BCUT2D eigenvalue weighted by molar-refractivity contribution is 5.22. The van der Waals surface area contributed by atoms with E-state index in [0.717, 1.165) is 43.9 Å². The van der Waals surface area contributed by atoms with E-state index in [0.29, 0.717) is 18.3 Å². The van der Waals surface area contributed by atoms with Gasteiger partial charge in [0.1, 0.15) is 23.0 Å². The summed E-state index contributed by atoms with van der Waals surface area (Å²) >= 11 is 0. The first-order chi connectivity index (χ1) is 10.7. The van der Waals surface area contributed by atoms with Crippen LogP contribution in [0.5, 0.6) is 5.75 Å². The van der Waals surface area contributed by atoms with Crippen molar-refractivity contribution in [2.24, 2.45) is 5.92 Å². The largest absolute Gasteiger partial charge is 0.493 e. The molecule has 0 aliphatic carbocycles. The average Bonchev–Trinajstić information content (AvgIpc) is 2.91. The number of halogens is 1. The van der Waals surface area contributed by atoms with E-state index < -0.39 is 0 Å². The van der Waals surface area contributed by atoms with E-state index in [9.17, 15) is 4.39 Å². The van der Waals surface area contributed by atoms with Crippen molar-refractivity contribution in [1.29, 1.82) is 0 Å². The van der Waals surface area contributed by atoms with Gasteiger partial charge in [-0.05, 0) is 38.4 Å². The lowest BCUT2D eigenvalue weighted by Crippen LogP contribution is -2.37. The fourth-order valence-electron chi connectivity index (χ4n) is 2.81. The predicted molar refractivity (Wildman–Crippen MR) is 78.9 cm³/mol. The summed E-state index contributed by atoms with van der Waals surface area (Å²) in [5.74, 6) is 0.766. The first kappa shape index (κ1) is 15.0. The van der Waals surface area contributed by atoms with Crippen molar-refractivity contribution in [3.63, 3.8) is 0 Å². The van der Waals surface area contributed by atoms with E-state index in [4.69, 9.17) is 9.37 Å². The lowest BCUT2D eigenvalue weighted by atomic mass is 9.99. The summed E-state index contributed by atoms with van der Waals surface area (Å²) in [4.78, 5) is 2.34. The Kier molecular flexibility index (Phi) is 4.68. The summed E-state index contributed by atoms with van der Waals surface area (Å²) < 4.78 is 23.6. The van der Waals surface area contributed by atoms with Crippen LogP contribution in [-0.4, -0.2) is 34.9 Å². The molecule has 0 unspecified atom stereocenters. The van der Waals surface area contributed by atoms with Gasteiger partial charge in [-0.25, -0.2) is 9.02 Å². The molecule has 6 heteroatoms. The fraction of sp³-hybridized carbons (Fsp3) is 0.500. The molecule has 0 radical (unpaired) electrons. The second kappa shape index (κ2) is 6.87.